The molecule has 0 radical (unpaired) electrons. The van der Waals surface area contributed by atoms with Gasteiger partial charge in [-0.05, 0) is 41.3 Å². The second-order valence-corrected chi connectivity index (χ2v) is 5.67. The molecule has 0 aliphatic carbocycles. The quantitative estimate of drug-likeness (QED) is 0.545. The minimum absolute atomic E-state index is 0.418. The molecule has 0 atom stereocenters. The van der Waals surface area contributed by atoms with Crippen molar-refractivity contribution in [3.63, 3.8) is 0 Å². The molecule has 0 saturated carbocycles. The normalized spacial score (nSPS) is 10.8. The Labute approximate surface area is 144 Å². The van der Waals surface area contributed by atoms with E-state index in [4.69, 9.17) is 28.0 Å². The Morgan fingerprint density at radius 1 is 1.17 bits per heavy atom. The number of fused-ring (bicyclic) bond motifs is 1. The van der Waals surface area contributed by atoms with Crippen molar-refractivity contribution < 1.29 is 4.74 Å². The van der Waals surface area contributed by atoms with Gasteiger partial charge in [-0.15, -0.1) is 0 Å². The van der Waals surface area contributed by atoms with E-state index >= 15 is 0 Å². The molecule has 3 N–H and O–H groups in total. The summed E-state index contributed by atoms with van der Waals surface area (Å²) < 4.78 is 5.67. The van der Waals surface area contributed by atoms with Crippen molar-refractivity contribution in [2.45, 2.75) is 0 Å². The van der Waals surface area contributed by atoms with Crippen molar-refractivity contribution in [1.82, 2.24) is 4.98 Å². The van der Waals surface area contributed by atoms with Gasteiger partial charge in [0, 0.05) is 11.1 Å². The first-order valence-electron chi connectivity index (χ1n) is 7.30. The van der Waals surface area contributed by atoms with Gasteiger partial charge in [-0.2, -0.15) is 5.26 Å². The van der Waals surface area contributed by atoms with E-state index in [2.05, 4.69) is 11.1 Å². The summed E-state index contributed by atoms with van der Waals surface area (Å²) >= 11 is 5.40. The number of nitrogens with two attached hydrogens (primary N) is 1. The van der Waals surface area contributed by atoms with Crippen molar-refractivity contribution in [1.29, 1.82) is 5.26 Å². The minimum atomic E-state index is 0.418. The Hall–Kier alpha value is -3.10. The summed E-state index contributed by atoms with van der Waals surface area (Å²) in [4.78, 5) is 3.15. The van der Waals surface area contributed by atoms with Gasteiger partial charge in [-0.25, -0.2) is 0 Å². The average Bonchev–Trinajstić information content (AvgIpc) is 2.60. The fraction of sp³-hybridized carbons (Fsp3) is 0.0526. The molecule has 3 rings (SSSR count). The highest BCUT2D eigenvalue weighted by Crippen LogP contribution is 2.26. The van der Waals surface area contributed by atoms with Crippen LogP contribution in [0.3, 0.4) is 0 Å². The van der Waals surface area contributed by atoms with Crippen LogP contribution < -0.4 is 10.5 Å². The molecule has 2 aromatic carbocycles. The third-order valence-corrected chi connectivity index (χ3v) is 4.07. The van der Waals surface area contributed by atoms with E-state index in [0.29, 0.717) is 21.3 Å². The lowest BCUT2D eigenvalue weighted by atomic mass is 10.1. The maximum Gasteiger partial charge on any atom is 0.118 e. The predicted octanol–water partition coefficient (Wildman–Crippen LogP) is 4.53. The number of nitrogens with one attached hydrogen (secondary N) is 1. The first kappa shape index (κ1) is 15.8. The van der Waals surface area contributed by atoms with Crippen LogP contribution >= 0.6 is 12.2 Å². The van der Waals surface area contributed by atoms with Crippen molar-refractivity contribution in [2.75, 3.05) is 12.8 Å². The fourth-order valence-corrected chi connectivity index (χ4v) is 2.84. The van der Waals surface area contributed by atoms with E-state index in [0.717, 1.165) is 22.4 Å². The van der Waals surface area contributed by atoms with Crippen molar-refractivity contribution in [3.05, 3.63) is 63.9 Å². The van der Waals surface area contributed by atoms with E-state index in [1.807, 2.05) is 48.6 Å². The van der Waals surface area contributed by atoms with Crippen molar-refractivity contribution >= 4 is 40.8 Å². The van der Waals surface area contributed by atoms with Gasteiger partial charge in [0.1, 0.15) is 16.5 Å². The highest BCUT2D eigenvalue weighted by molar-refractivity contribution is 7.71. The lowest BCUT2D eigenvalue weighted by molar-refractivity contribution is 0.415. The Balaban J connectivity index is 2.00. The molecule has 0 spiro atoms. The van der Waals surface area contributed by atoms with Crippen LogP contribution in [-0.2, 0) is 0 Å². The first-order valence-corrected chi connectivity index (χ1v) is 7.71. The zero-order valence-electron chi connectivity index (χ0n) is 13.0. The molecule has 24 heavy (non-hydrogen) atoms. The molecule has 0 fully saturated rings. The van der Waals surface area contributed by atoms with Crippen LogP contribution in [-0.4, -0.2) is 12.1 Å². The average molecular weight is 333 g/mol. The van der Waals surface area contributed by atoms with Gasteiger partial charge in [0.15, 0.2) is 0 Å². The number of nitrogen functional groups attached to an aromatic ring is 1. The molecule has 5 heteroatoms. The van der Waals surface area contributed by atoms with Gasteiger partial charge in [0.05, 0.1) is 18.4 Å². The van der Waals surface area contributed by atoms with Crippen molar-refractivity contribution in [2.24, 2.45) is 0 Å². The molecule has 3 aromatic rings. The lowest BCUT2D eigenvalue weighted by Crippen LogP contribution is -1.94. The molecule has 1 heterocycles. The molecule has 0 saturated heterocycles. The summed E-state index contributed by atoms with van der Waals surface area (Å²) in [5.41, 5.74) is 8.80. The van der Waals surface area contributed by atoms with E-state index in [9.17, 15) is 0 Å². The highest BCUT2D eigenvalue weighted by atomic mass is 32.1. The minimum Gasteiger partial charge on any atom is -0.497 e. The number of hydrogen-bond acceptors (Lipinski definition) is 4. The molecule has 0 amide bonds. The number of hydrogen-bond donors (Lipinski definition) is 2. The van der Waals surface area contributed by atoms with Gasteiger partial charge in [0.25, 0.3) is 0 Å². The van der Waals surface area contributed by atoms with Gasteiger partial charge < -0.3 is 15.5 Å². The number of aromatic nitrogens is 1. The lowest BCUT2D eigenvalue weighted by Gasteiger charge is -2.06. The molecule has 4 nitrogen and oxygen atoms in total. The van der Waals surface area contributed by atoms with E-state index in [-0.39, 0.29) is 0 Å². The van der Waals surface area contributed by atoms with Crippen LogP contribution in [0.4, 0.5) is 5.69 Å². The summed E-state index contributed by atoms with van der Waals surface area (Å²) in [6.07, 6.45) is 3.93. The highest BCUT2D eigenvalue weighted by Gasteiger charge is 2.06. The van der Waals surface area contributed by atoms with Crippen LogP contribution in [0.2, 0.25) is 0 Å². The predicted molar refractivity (Wildman–Crippen MR) is 100 cm³/mol. The summed E-state index contributed by atoms with van der Waals surface area (Å²) in [7, 11) is 1.64. The number of methoxy groups -OCH3 is 1. The smallest absolute Gasteiger partial charge is 0.118 e. The summed E-state index contributed by atoms with van der Waals surface area (Å²) in [6.45, 7) is 0. The molecule has 0 bridgehead atoms. The fourth-order valence-electron chi connectivity index (χ4n) is 2.50. The Morgan fingerprint density at radius 3 is 2.58 bits per heavy atom. The van der Waals surface area contributed by atoms with Gasteiger partial charge >= 0.3 is 0 Å². The molecule has 0 aliphatic heterocycles. The number of anilines is 1. The maximum absolute atomic E-state index is 9.08. The summed E-state index contributed by atoms with van der Waals surface area (Å²) in [5.74, 6) is 0.820. The number of nitrogens with zero attached hydrogens (tertiary/aromatic N) is 1. The molecule has 0 unspecified atom stereocenters. The van der Waals surface area contributed by atoms with Crippen molar-refractivity contribution in [3.8, 4) is 11.8 Å². The number of ether oxygens (including phenoxy) is 1. The number of benzene rings is 2. The summed E-state index contributed by atoms with van der Waals surface area (Å²) in [5, 5.41) is 10.7. The Bertz CT molecular complexity index is 1030. The zero-order valence-corrected chi connectivity index (χ0v) is 13.9. The molecule has 118 valence electrons. The number of pyridine rings is 1. The molecule has 1 aromatic heterocycles. The third-order valence-electron chi connectivity index (χ3n) is 3.77. The van der Waals surface area contributed by atoms with E-state index in [1.54, 1.807) is 13.2 Å². The number of H-pyrrole nitrogens is 1. The van der Waals surface area contributed by atoms with Gasteiger partial charge in [0.2, 0.25) is 0 Å². The largest absolute Gasteiger partial charge is 0.497 e. The third kappa shape index (κ3) is 3.00. The maximum atomic E-state index is 9.08. The van der Waals surface area contributed by atoms with Crippen LogP contribution in [0.15, 0.2) is 42.5 Å². The standard InChI is InChI=1S/C19H15N3OS/c1-23-16-8-3-12(4-9-16)2-7-15-10-13-5-6-14(11-20)18(21)17(13)19(24)22-15/h2-10H,21H2,1H3,(H,22,24)/b7-2+. The first-order chi connectivity index (χ1) is 11.6. The second-order valence-electron chi connectivity index (χ2n) is 5.26. The van der Waals surface area contributed by atoms with Crippen LogP contribution in [0.1, 0.15) is 16.8 Å². The molecule has 0 aliphatic rings. The second kappa shape index (κ2) is 6.57. The van der Waals surface area contributed by atoms with Gasteiger partial charge in [-0.3, -0.25) is 0 Å². The monoisotopic (exact) mass is 333 g/mol. The molecular weight excluding hydrogens is 318 g/mol. The van der Waals surface area contributed by atoms with Crippen LogP contribution in [0.25, 0.3) is 22.9 Å². The van der Waals surface area contributed by atoms with Crippen LogP contribution in [0.5, 0.6) is 5.75 Å². The van der Waals surface area contributed by atoms with E-state index in [1.165, 1.54) is 0 Å². The zero-order chi connectivity index (χ0) is 17.1. The number of aromatic amines is 1. The van der Waals surface area contributed by atoms with Crippen LogP contribution in [0, 0.1) is 16.0 Å². The Kier molecular flexibility index (Phi) is 4.32. The number of nitriles is 1. The topological polar surface area (TPSA) is 74.8 Å². The number of rotatable bonds is 3. The van der Waals surface area contributed by atoms with Gasteiger partial charge in [-0.1, -0.05) is 36.5 Å². The Morgan fingerprint density at radius 2 is 1.92 bits per heavy atom. The SMILES string of the molecule is COc1ccc(/C=C/c2cc3ccc(C#N)c(N)c3c(=S)[nH]2)cc1. The van der Waals surface area contributed by atoms with E-state index < -0.39 is 0 Å². The molecular formula is C19H15N3OS. The summed E-state index contributed by atoms with van der Waals surface area (Å²) in [6, 6.07) is 15.4.